The third kappa shape index (κ3) is 2.45. The summed E-state index contributed by atoms with van der Waals surface area (Å²) in [5.41, 5.74) is 8.41. The van der Waals surface area contributed by atoms with Gasteiger partial charge in [-0.2, -0.15) is 0 Å². The zero-order chi connectivity index (χ0) is 10.6. The topological polar surface area (TPSA) is 65.8 Å². The maximum absolute atomic E-state index is 12.7. The summed E-state index contributed by atoms with van der Waals surface area (Å²) in [4.78, 5) is 13.3. The number of nitrogens with zero attached hydrogens (tertiary/aromatic N) is 3. The van der Waals surface area contributed by atoms with E-state index >= 15 is 0 Å². The van der Waals surface area contributed by atoms with Crippen molar-refractivity contribution in [3.05, 3.63) is 46.1 Å². The fourth-order valence-electron chi connectivity index (χ4n) is 0.971. The SMILES string of the molecule is [N-]=[N+]=NC(C(=O)Cl)c1cccc(F)c1. The zero-order valence-corrected chi connectivity index (χ0v) is 7.65. The fraction of sp³-hybridized carbons (Fsp3) is 0.125. The lowest BCUT2D eigenvalue weighted by Gasteiger charge is -2.05. The molecule has 1 rings (SSSR count). The molecule has 0 fully saturated rings. The molecule has 0 aliphatic carbocycles. The molecule has 1 aromatic carbocycles. The van der Waals surface area contributed by atoms with Gasteiger partial charge in [-0.3, -0.25) is 4.79 Å². The second-order valence-corrected chi connectivity index (χ2v) is 2.84. The molecule has 4 nitrogen and oxygen atoms in total. The molecule has 6 heteroatoms. The van der Waals surface area contributed by atoms with Gasteiger partial charge in [0.05, 0.1) is 0 Å². The molecule has 0 heterocycles. The molecule has 0 amide bonds. The predicted octanol–water partition coefficient (Wildman–Crippen LogP) is 2.94. The van der Waals surface area contributed by atoms with Crippen LogP contribution in [0.5, 0.6) is 0 Å². The number of benzene rings is 1. The summed E-state index contributed by atoms with van der Waals surface area (Å²) in [6, 6.07) is 4.01. The van der Waals surface area contributed by atoms with Gasteiger partial charge in [-0.1, -0.05) is 17.2 Å². The van der Waals surface area contributed by atoms with Gasteiger partial charge in [0, 0.05) is 4.91 Å². The molecule has 72 valence electrons. The Labute approximate surface area is 83.9 Å². The number of hydrogen-bond acceptors (Lipinski definition) is 2. The molecule has 0 aliphatic rings. The quantitative estimate of drug-likeness (QED) is 0.329. The van der Waals surface area contributed by atoms with E-state index in [1.165, 1.54) is 18.2 Å². The van der Waals surface area contributed by atoms with Crippen LogP contribution in [0.1, 0.15) is 11.6 Å². The van der Waals surface area contributed by atoms with Crippen molar-refractivity contribution < 1.29 is 9.18 Å². The molecule has 0 aliphatic heterocycles. The highest BCUT2D eigenvalue weighted by molar-refractivity contribution is 6.64. The summed E-state index contributed by atoms with van der Waals surface area (Å²) in [6.45, 7) is 0. The van der Waals surface area contributed by atoms with Gasteiger partial charge >= 0.3 is 0 Å². The third-order valence-corrected chi connectivity index (χ3v) is 1.75. The zero-order valence-electron chi connectivity index (χ0n) is 6.89. The van der Waals surface area contributed by atoms with Gasteiger partial charge in [0.15, 0.2) is 0 Å². The van der Waals surface area contributed by atoms with Crippen molar-refractivity contribution in [3.8, 4) is 0 Å². The van der Waals surface area contributed by atoms with E-state index in [2.05, 4.69) is 10.0 Å². The van der Waals surface area contributed by atoms with E-state index in [1.54, 1.807) is 0 Å². The summed E-state index contributed by atoms with van der Waals surface area (Å²) in [5.74, 6) is -0.515. The predicted molar refractivity (Wildman–Crippen MR) is 49.1 cm³/mol. The summed E-state index contributed by atoms with van der Waals surface area (Å²) in [7, 11) is 0. The van der Waals surface area contributed by atoms with Crippen LogP contribution in [-0.4, -0.2) is 5.24 Å². The van der Waals surface area contributed by atoms with Crippen molar-refractivity contribution in [2.24, 2.45) is 5.11 Å². The Morgan fingerprint density at radius 3 is 2.86 bits per heavy atom. The van der Waals surface area contributed by atoms with Gasteiger partial charge in [0.2, 0.25) is 5.24 Å². The first-order valence-electron chi connectivity index (χ1n) is 3.64. The van der Waals surface area contributed by atoms with Crippen LogP contribution in [-0.2, 0) is 4.79 Å². The van der Waals surface area contributed by atoms with Gasteiger partial charge in [0.25, 0.3) is 0 Å². The minimum Gasteiger partial charge on any atom is -0.280 e. The molecular formula is C8H5ClFN3O. The Morgan fingerprint density at radius 2 is 2.36 bits per heavy atom. The van der Waals surface area contributed by atoms with Gasteiger partial charge < -0.3 is 0 Å². The van der Waals surface area contributed by atoms with Crippen molar-refractivity contribution in [2.75, 3.05) is 0 Å². The van der Waals surface area contributed by atoms with Crippen molar-refractivity contribution in [1.82, 2.24) is 0 Å². The van der Waals surface area contributed by atoms with Gasteiger partial charge in [0.1, 0.15) is 11.9 Å². The van der Waals surface area contributed by atoms with E-state index in [-0.39, 0.29) is 5.56 Å². The van der Waals surface area contributed by atoms with Crippen LogP contribution >= 0.6 is 11.6 Å². The van der Waals surface area contributed by atoms with Crippen LogP contribution in [0.25, 0.3) is 10.4 Å². The normalized spacial score (nSPS) is 11.6. The first-order chi connectivity index (χ1) is 6.65. The fourth-order valence-corrected chi connectivity index (χ4v) is 1.14. The van der Waals surface area contributed by atoms with Crippen LogP contribution < -0.4 is 0 Å². The molecule has 0 aromatic heterocycles. The van der Waals surface area contributed by atoms with Gasteiger partial charge in [-0.25, -0.2) is 4.39 Å². The number of hydrogen-bond donors (Lipinski definition) is 0. The lowest BCUT2D eigenvalue weighted by molar-refractivity contribution is -0.112. The van der Waals surface area contributed by atoms with Crippen LogP contribution in [0.3, 0.4) is 0 Å². The van der Waals surface area contributed by atoms with Crippen LogP contribution in [0.15, 0.2) is 29.4 Å². The highest BCUT2D eigenvalue weighted by Crippen LogP contribution is 2.21. The van der Waals surface area contributed by atoms with Crippen LogP contribution in [0, 0.1) is 5.82 Å². The van der Waals surface area contributed by atoms with Crippen LogP contribution in [0.2, 0.25) is 0 Å². The van der Waals surface area contributed by atoms with E-state index in [0.29, 0.717) is 0 Å². The number of carbonyl (C=O) groups is 1. The average Bonchev–Trinajstić information content (AvgIpc) is 2.13. The van der Waals surface area contributed by atoms with E-state index in [0.717, 1.165) is 6.07 Å². The van der Waals surface area contributed by atoms with E-state index in [9.17, 15) is 9.18 Å². The van der Waals surface area contributed by atoms with Crippen LogP contribution in [0.4, 0.5) is 4.39 Å². The summed E-state index contributed by atoms with van der Waals surface area (Å²) in [5, 5.41) is 2.33. The Bertz CT molecular complexity index is 401. The third-order valence-electron chi connectivity index (χ3n) is 1.55. The number of rotatable bonds is 3. The summed E-state index contributed by atoms with van der Waals surface area (Å²) >= 11 is 5.18. The molecule has 0 bridgehead atoms. The summed E-state index contributed by atoms with van der Waals surface area (Å²) in [6.07, 6.45) is 0. The lowest BCUT2D eigenvalue weighted by atomic mass is 10.1. The number of carbonyl (C=O) groups excluding carboxylic acids is 1. The van der Waals surface area contributed by atoms with E-state index in [4.69, 9.17) is 17.1 Å². The monoisotopic (exact) mass is 213 g/mol. The first kappa shape index (κ1) is 10.5. The maximum atomic E-state index is 12.7. The molecule has 0 N–H and O–H groups in total. The largest absolute Gasteiger partial charge is 0.280 e. The van der Waals surface area contributed by atoms with E-state index < -0.39 is 17.1 Å². The van der Waals surface area contributed by atoms with E-state index in [1.807, 2.05) is 0 Å². The molecule has 0 saturated heterocycles. The van der Waals surface area contributed by atoms with Gasteiger partial charge in [-0.15, -0.1) is 0 Å². The molecule has 14 heavy (non-hydrogen) atoms. The van der Waals surface area contributed by atoms with Crippen molar-refractivity contribution in [2.45, 2.75) is 6.04 Å². The minimum absolute atomic E-state index is 0.239. The standard InChI is InChI=1S/C8H5ClFN3O/c9-8(14)7(12-13-11)5-2-1-3-6(10)4-5/h1-4,7H. The van der Waals surface area contributed by atoms with Gasteiger partial charge in [-0.05, 0) is 34.8 Å². The highest BCUT2D eigenvalue weighted by atomic mass is 35.5. The Hall–Kier alpha value is -1.58. The van der Waals surface area contributed by atoms with Crippen molar-refractivity contribution in [3.63, 3.8) is 0 Å². The first-order valence-corrected chi connectivity index (χ1v) is 4.02. The molecule has 0 saturated carbocycles. The molecule has 1 aromatic rings. The average molecular weight is 214 g/mol. The smallest absolute Gasteiger partial charge is 0.235 e. The number of halogens is 2. The molecule has 1 atom stereocenters. The Morgan fingerprint density at radius 1 is 1.64 bits per heavy atom. The minimum atomic E-state index is -1.17. The van der Waals surface area contributed by atoms with Crippen molar-refractivity contribution >= 4 is 16.8 Å². The number of azide groups is 1. The summed E-state index contributed by atoms with van der Waals surface area (Å²) < 4.78 is 12.7. The second kappa shape index (κ2) is 4.60. The highest BCUT2D eigenvalue weighted by Gasteiger charge is 2.16. The molecule has 0 spiro atoms. The molecular weight excluding hydrogens is 209 g/mol. The second-order valence-electron chi connectivity index (χ2n) is 2.47. The Balaban J connectivity index is 3.11. The molecule has 1 unspecified atom stereocenters. The molecule has 0 radical (unpaired) electrons. The maximum Gasteiger partial charge on any atom is 0.235 e. The Kier molecular flexibility index (Phi) is 3.45. The lowest BCUT2D eigenvalue weighted by Crippen LogP contribution is -2.02. The van der Waals surface area contributed by atoms with Crippen molar-refractivity contribution in [1.29, 1.82) is 0 Å².